The van der Waals surface area contributed by atoms with E-state index in [1.807, 2.05) is 7.05 Å². The van der Waals surface area contributed by atoms with E-state index in [-0.39, 0.29) is 0 Å². The van der Waals surface area contributed by atoms with E-state index in [1.54, 1.807) is 0 Å². The minimum Gasteiger partial charge on any atom is -0.379 e. The van der Waals surface area contributed by atoms with Crippen LogP contribution >= 0.6 is 0 Å². The van der Waals surface area contributed by atoms with E-state index in [0.29, 0.717) is 5.92 Å². The molecule has 5 nitrogen and oxygen atoms in total. The highest BCUT2D eigenvalue weighted by atomic mass is 16.5. The van der Waals surface area contributed by atoms with Crippen LogP contribution in [0.1, 0.15) is 35.1 Å². The fraction of sp³-hybridized carbons (Fsp3) is 0.458. The molecule has 5 heteroatoms. The first-order valence-corrected chi connectivity index (χ1v) is 10.5. The molecule has 1 atom stereocenters. The molecule has 0 radical (unpaired) electrons. The van der Waals surface area contributed by atoms with E-state index in [0.717, 1.165) is 51.9 Å². The van der Waals surface area contributed by atoms with E-state index in [1.165, 1.54) is 22.3 Å². The summed E-state index contributed by atoms with van der Waals surface area (Å²) < 4.78 is 5.42. The molecule has 1 aliphatic rings. The molecule has 29 heavy (non-hydrogen) atoms. The lowest BCUT2D eigenvalue weighted by molar-refractivity contribution is 0.0342. The van der Waals surface area contributed by atoms with Gasteiger partial charge in [-0.25, -0.2) is 0 Å². The normalized spacial score (nSPS) is 16.4. The van der Waals surface area contributed by atoms with Crippen molar-refractivity contribution in [1.82, 2.24) is 15.5 Å². The standard InChI is InChI=1S/C24H34N4O/c1-19-4-10-23(11-5-19)20(2)16-26-24(25-3)27-17-21-6-8-22(9-7-21)18-28-12-14-29-15-13-28/h4-11,20H,12-18H2,1-3H3,(H2,25,26,27). The quantitative estimate of drug-likeness (QED) is 0.559. The van der Waals surface area contributed by atoms with Crippen LogP contribution in [0.3, 0.4) is 0 Å². The largest absolute Gasteiger partial charge is 0.379 e. The monoisotopic (exact) mass is 394 g/mol. The van der Waals surface area contributed by atoms with Gasteiger partial charge in [0.2, 0.25) is 0 Å². The number of hydrogen-bond donors (Lipinski definition) is 2. The zero-order valence-electron chi connectivity index (χ0n) is 17.9. The van der Waals surface area contributed by atoms with Crippen LogP contribution in [0.5, 0.6) is 0 Å². The van der Waals surface area contributed by atoms with Crippen LogP contribution in [0.15, 0.2) is 53.5 Å². The van der Waals surface area contributed by atoms with Gasteiger partial charge in [0.25, 0.3) is 0 Å². The van der Waals surface area contributed by atoms with Crippen molar-refractivity contribution in [3.63, 3.8) is 0 Å². The molecule has 1 saturated heterocycles. The van der Waals surface area contributed by atoms with Gasteiger partial charge >= 0.3 is 0 Å². The van der Waals surface area contributed by atoms with Gasteiger partial charge in [-0.05, 0) is 29.5 Å². The minimum absolute atomic E-state index is 0.425. The predicted molar refractivity (Wildman–Crippen MR) is 120 cm³/mol. The number of guanidine groups is 1. The topological polar surface area (TPSA) is 48.9 Å². The maximum atomic E-state index is 5.42. The molecule has 2 aromatic rings. The summed E-state index contributed by atoms with van der Waals surface area (Å²) in [5.74, 6) is 1.26. The van der Waals surface area contributed by atoms with Gasteiger partial charge in [-0.3, -0.25) is 9.89 Å². The Labute approximate surface area is 175 Å². The zero-order chi connectivity index (χ0) is 20.5. The third-order valence-corrected chi connectivity index (χ3v) is 5.44. The summed E-state index contributed by atoms with van der Waals surface area (Å²) in [5.41, 5.74) is 5.24. The summed E-state index contributed by atoms with van der Waals surface area (Å²) >= 11 is 0. The van der Waals surface area contributed by atoms with Gasteiger partial charge in [-0.1, -0.05) is 61.0 Å². The Balaban J connectivity index is 1.43. The van der Waals surface area contributed by atoms with Crippen LogP contribution < -0.4 is 10.6 Å². The Hall–Kier alpha value is -2.37. The van der Waals surface area contributed by atoms with E-state index in [9.17, 15) is 0 Å². The number of morpholine rings is 1. The van der Waals surface area contributed by atoms with Gasteiger partial charge < -0.3 is 15.4 Å². The second kappa shape index (κ2) is 11.0. The highest BCUT2D eigenvalue weighted by molar-refractivity contribution is 5.79. The smallest absolute Gasteiger partial charge is 0.191 e. The third kappa shape index (κ3) is 6.87. The van der Waals surface area contributed by atoms with Crippen molar-refractivity contribution in [3.8, 4) is 0 Å². The summed E-state index contributed by atoms with van der Waals surface area (Å²) in [6.07, 6.45) is 0. The van der Waals surface area contributed by atoms with Crippen molar-refractivity contribution in [2.24, 2.45) is 4.99 Å². The van der Waals surface area contributed by atoms with Crippen LogP contribution in [0.4, 0.5) is 0 Å². The minimum atomic E-state index is 0.425. The van der Waals surface area contributed by atoms with Gasteiger partial charge in [-0.15, -0.1) is 0 Å². The summed E-state index contributed by atoms with van der Waals surface area (Å²) in [5, 5.41) is 6.85. The number of rotatable bonds is 7. The second-order valence-corrected chi connectivity index (χ2v) is 7.82. The maximum absolute atomic E-state index is 5.42. The van der Waals surface area contributed by atoms with Crippen LogP contribution in [-0.2, 0) is 17.8 Å². The van der Waals surface area contributed by atoms with Crippen LogP contribution in [0.2, 0.25) is 0 Å². The Kier molecular flexibility index (Phi) is 8.08. The highest BCUT2D eigenvalue weighted by Gasteiger charge is 2.10. The number of ether oxygens (including phenoxy) is 1. The molecule has 1 unspecified atom stereocenters. The molecule has 2 aromatic carbocycles. The summed E-state index contributed by atoms with van der Waals surface area (Å²) in [7, 11) is 1.82. The molecule has 0 aromatic heterocycles. The molecule has 1 heterocycles. The molecular weight excluding hydrogens is 360 g/mol. The number of hydrogen-bond acceptors (Lipinski definition) is 3. The van der Waals surface area contributed by atoms with E-state index < -0.39 is 0 Å². The van der Waals surface area contributed by atoms with Gasteiger partial charge in [0, 0.05) is 39.8 Å². The van der Waals surface area contributed by atoms with Gasteiger partial charge in [0.15, 0.2) is 5.96 Å². The summed E-state index contributed by atoms with van der Waals surface area (Å²) in [6.45, 7) is 10.7. The first-order valence-electron chi connectivity index (χ1n) is 10.5. The number of aryl methyl sites for hydroxylation is 1. The van der Waals surface area contributed by atoms with Crippen LogP contribution in [-0.4, -0.2) is 50.8 Å². The molecule has 0 saturated carbocycles. The van der Waals surface area contributed by atoms with Crippen molar-refractivity contribution in [2.45, 2.75) is 32.9 Å². The van der Waals surface area contributed by atoms with Crippen molar-refractivity contribution in [2.75, 3.05) is 39.9 Å². The molecule has 0 bridgehead atoms. The van der Waals surface area contributed by atoms with Gasteiger partial charge in [-0.2, -0.15) is 0 Å². The number of nitrogens with zero attached hydrogens (tertiary/aromatic N) is 2. The number of aliphatic imine (C=N–C) groups is 1. The molecule has 0 spiro atoms. The first-order chi connectivity index (χ1) is 14.1. The van der Waals surface area contributed by atoms with Crippen LogP contribution in [0, 0.1) is 6.92 Å². The Bertz CT molecular complexity index is 764. The Morgan fingerprint density at radius 1 is 1.00 bits per heavy atom. The second-order valence-electron chi connectivity index (χ2n) is 7.82. The lowest BCUT2D eigenvalue weighted by Gasteiger charge is -2.26. The first kappa shape index (κ1) is 21.3. The average Bonchev–Trinajstić information content (AvgIpc) is 2.76. The summed E-state index contributed by atoms with van der Waals surface area (Å²) in [4.78, 5) is 6.80. The molecule has 2 N–H and O–H groups in total. The SMILES string of the molecule is CN=C(NCc1ccc(CN2CCOCC2)cc1)NCC(C)c1ccc(C)cc1. The molecule has 3 rings (SSSR count). The fourth-order valence-corrected chi connectivity index (χ4v) is 3.45. The van der Waals surface area contributed by atoms with Crippen LogP contribution in [0.25, 0.3) is 0 Å². The molecule has 0 aliphatic carbocycles. The molecular formula is C24H34N4O. The van der Waals surface area contributed by atoms with Gasteiger partial charge in [0.05, 0.1) is 13.2 Å². The average molecular weight is 395 g/mol. The molecule has 1 aliphatic heterocycles. The maximum Gasteiger partial charge on any atom is 0.191 e. The molecule has 156 valence electrons. The number of benzene rings is 2. The lowest BCUT2D eigenvalue weighted by Crippen LogP contribution is -2.38. The van der Waals surface area contributed by atoms with Crippen molar-refractivity contribution in [3.05, 3.63) is 70.8 Å². The van der Waals surface area contributed by atoms with Crippen molar-refractivity contribution in [1.29, 1.82) is 0 Å². The highest BCUT2D eigenvalue weighted by Crippen LogP contribution is 2.14. The summed E-state index contributed by atoms with van der Waals surface area (Å²) in [6, 6.07) is 17.6. The Morgan fingerprint density at radius 3 is 2.31 bits per heavy atom. The van der Waals surface area contributed by atoms with Gasteiger partial charge in [0.1, 0.15) is 0 Å². The van der Waals surface area contributed by atoms with Crippen molar-refractivity contribution >= 4 is 5.96 Å². The molecule has 1 fully saturated rings. The fourth-order valence-electron chi connectivity index (χ4n) is 3.45. The lowest BCUT2D eigenvalue weighted by atomic mass is 10.0. The zero-order valence-corrected chi connectivity index (χ0v) is 17.9. The Morgan fingerprint density at radius 2 is 1.66 bits per heavy atom. The molecule has 0 amide bonds. The third-order valence-electron chi connectivity index (χ3n) is 5.44. The van der Waals surface area contributed by atoms with E-state index >= 15 is 0 Å². The van der Waals surface area contributed by atoms with E-state index in [4.69, 9.17) is 4.74 Å². The predicted octanol–water partition coefficient (Wildman–Crippen LogP) is 3.30. The van der Waals surface area contributed by atoms with Crippen molar-refractivity contribution < 1.29 is 4.74 Å². The number of nitrogens with one attached hydrogen (secondary N) is 2. The van der Waals surface area contributed by atoms with E-state index in [2.05, 4.69) is 82.9 Å².